The molecule has 0 aromatic rings. The van der Waals surface area contributed by atoms with Crippen molar-refractivity contribution in [3.8, 4) is 0 Å². The van der Waals surface area contributed by atoms with Gasteiger partial charge in [0.25, 0.3) is 0 Å². The van der Waals surface area contributed by atoms with Crippen LogP contribution in [0.1, 0.15) is 111 Å². The molecule has 3 fully saturated rings. The molecule has 3 unspecified atom stereocenters. The summed E-state index contributed by atoms with van der Waals surface area (Å²) in [6.45, 7) is 14.7. The van der Waals surface area contributed by atoms with E-state index >= 15 is 0 Å². The van der Waals surface area contributed by atoms with Crippen LogP contribution in [0.15, 0.2) is 0 Å². The normalized spacial score (nSPS) is 26.4. The number of aliphatic hydroxyl groups is 2. The van der Waals surface area contributed by atoms with Gasteiger partial charge in [-0.05, 0) is 94.4 Å². The van der Waals surface area contributed by atoms with Crippen LogP contribution in [0.5, 0.6) is 0 Å². The maximum atomic E-state index is 10.2. The van der Waals surface area contributed by atoms with Crippen LogP contribution in [-0.4, -0.2) is 105 Å². The first-order chi connectivity index (χ1) is 21.7. The summed E-state index contributed by atoms with van der Waals surface area (Å²) >= 11 is 0. The average molecular weight is 637 g/mol. The zero-order chi connectivity index (χ0) is 32.6. The molecule has 8 N–H and O–H groups in total. The van der Waals surface area contributed by atoms with E-state index in [1.807, 2.05) is 6.92 Å². The molecule has 266 valence electrons. The van der Waals surface area contributed by atoms with E-state index in [1.54, 1.807) is 6.42 Å². The summed E-state index contributed by atoms with van der Waals surface area (Å²) in [4.78, 5) is 2.67. The molecule has 45 heavy (non-hydrogen) atoms. The lowest BCUT2D eigenvalue weighted by Gasteiger charge is -2.37. The van der Waals surface area contributed by atoms with Crippen molar-refractivity contribution in [1.29, 1.82) is 0 Å². The van der Waals surface area contributed by atoms with E-state index < -0.39 is 6.10 Å². The molecule has 2 bridgehead atoms. The maximum Gasteiger partial charge on any atom is 0.0677 e. The van der Waals surface area contributed by atoms with Crippen molar-refractivity contribution < 1.29 is 10.2 Å². The van der Waals surface area contributed by atoms with Crippen LogP contribution in [0.3, 0.4) is 0 Å². The second kappa shape index (κ2) is 21.6. The Kier molecular flexibility index (Phi) is 18.8. The average Bonchev–Trinajstić information content (AvgIpc) is 3.64. The van der Waals surface area contributed by atoms with Crippen molar-refractivity contribution in [2.75, 3.05) is 59.5 Å². The van der Waals surface area contributed by atoms with Crippen LogP contribution in [0, 0.1) is 35.5 Å². The van der Waals surface area contributed by atoms with Crippen LogP contribution in [-0.2, 0) is 0 Å². The Labute approximate surface area is 278 Å². The number of rotatable bonds is 25. The topological polar surface area (TPSA) is 118 Å². The van der Waals surface area contributed by atoms with Crippen molar-refractivity contribution in [2.24, 2.45) is 41.2 Å². The third kappa shape index (κ3) is 14.4. The third-order valence-electron chi connectivity index (χ3n) is 11.7. The minimum atomic E-state index is -0.480. The Morgan fingerprint density at radius 1 is 0.889 bits per heavy atom. The van der Waals surface area contributed by atoms with Gasteiger partial charge in [0.05, 0.1) is 12.7 Å². The van der Waals surface area contributed by atoms with Gasteiger partial charge in [0.15, 0.2) is 0 Å². The van der Waals surface area contributed by atoms with E-state index in [4.69, 9.17) is 10.8 Å². The molecule has 3 aliphatic rings. The molecule has 0 saturated heterocycles. The summed E-state index contributed by atoms with van der Waals surface area (Å²) in [7, 11) is 2.37. The van der Waals surface area contributed by atoms with Gasteiger partial charge in [-0.2, -0.15) is 0 Å². The van der Waals surface area contributed by atoms with Crippen LogP contribution in [0.25, 0.3) is 0 Å². The van der Waals surface area contributed by atoms with Gasteiger partial charge >= 0.3 is 0 Å². The highest BCUT2D eigenvalue weighted by Gasteiger charge is 2.38. The summed E-state index contributed by atoms with van der Waals surface area (Å²) < 4.78 is 0. The molecule has 0 heterocycles. The van der Waals surface area contributed by atoms with Gasteiger partial charge in [0.2, 0.25) is 0 Å². The first-order valence-electron chi connectivity index (χ1n) is 19.3. The Bertz CT molecular complexity index is 750. The van der Waals surface area contributed by atoms with Crippen molar-refractivity contribution in [2.45, 2.75) is 141 Å². The minimum absolute atomic E-state index is 0.0767. The van der Waals surface area contributed by atoms with Gasteiger partial charge in [0.1, 0.15) is 0 Å². The third-order valence-corrected chi connectivity index (χ3v) is 11.7. The molecular formula is C37H76N6O2. The Morgan fingerprint density at radius 2 is 1.67 bits per heavy atom. The predicted octanol–water partition coefficient (Wildman–Crippen LogP) is 3.95. The second-order valence-corrected chi connectivity index (χ2v) is 16.1. The highest BCUT2D eigenvalue weighted by atomic mass is 16.3. The molecule has 9 atom stereocenters. The second-order valence-electron chi connectivity index (χ2n) is 16.1. The number of hydrogen-bond acceptors (Lipinski definition) is 8. The Balaban J connectivity index is 1.48. The van der Waals surface area contributed by atoms with Crippen molar-refractivity contribution >= 4 is 0 Å². The molecule has 0 spiro atoms. The summed E-state index contributed by atoms with van der Waals surface area (Å²) in [6.07, 6.45) is 17.8. The van der Waals surface area contributed by atoms with Gasteiger partial charge in [-0.15, -0.1) is 0 Å². The molecule has 0 aromatic heterocycles. The van der Waals surface area contributed by atoms with Gasteiger partial charge in [-0.1, -0.05) is 59.3 Å². The lowest BCUT2D eigenvalue weighted by molar-refractivity contribution is 0.140. The van der Waals surface area contributed by atoms with E-state index in [-0.39, 0.29) is 18.7 Å². The lowest BCUT2D eigenvalue weighted by Crippen LogP contribution is -2.56. The molecule has 3 rings (SSSR count). The summed E-state index contributed by atoms with van der Waals surface area (Å²) in [5, 5.41) is 34.0. The van der Waals surface area contributed by atoms with Gasteiger partial charge in [-0.3, -0.25) is 0 Å². The van der Waals surface area contributed by atoms with Crippen molar-refractivity contribution in [3.63, 3.8) is 0 Å². The van der Waals surface area contributed by atoms with Crippen molar-refractivity contribution in [3.05, 3.63) is 0 Å². The quantitative estimate of drug-likeness (QED) is 0.0754. The maximum absolute atomic E-state index is 10.2. The molecule has 0 radical (unpaired) electrons. The highest BCUT2D eigenvalue weighted by molar-refractivity contribution is 4.90. The number of hydrogen-bond donors (Lipinski definition) is 7. The predicted molar refractivity (Wildman–Crippen MR) is 190 cm³/mol. The van der Waals surface area contributed by atoms with Crippen molar-refractivity contribution in [1.82, 2.24) is 26.2 Å². The zero-order valence-electron chi connectivity index (χ0n) is 30.1. The lowest BCUT2D eigenvalue weighted by atomic mass is 9.83. The first-order valence-corrected chi connectivity index (χ1v) is 19.3. The standard InChI is InChI=1S/C37H76N6O2/c1-27(2)18-35(43(5)26-28(3)10-9-13-32-19-30-14-15-33(32)20-30)23-42-37(31-11-7-6-8-12-31)25-40-34(21-38)22-41-36(29(4)45)24-39-16-17-44/h27-37,39-42,44-45H,6-26,38H2,1-5H3/t28-,29+,30?,32?,33?,34+,35+,36+,37-/m1/s1. The zero-order valence-corrected chi connectivity index (χ0v) is 30.1. The van der Waals surface area contributed by atoms with Gasteiger partial charge < -0.3 is 42.1 Å². The molecule has 3 aliphatic carbocycles. The fourth-order valence-corrected chi connectivity index (χ4v) is 8.96. The van der Waals surface area contributed by atoms with Crippen LogP contribution in [0.2, 0.25) is 0 Å². The molecule has 0 aliphatic heterocycles. The van der Waals surface area contributed by atoms with Gasteiger partial charge in [0, 0.05) is 70.0 Å². The molecule has 3 saturated carbocycles. The van der Waals surface area contributed by atoms with E-state index in [0.29, 0.717) is 50.1 Å². The summed E-state index contributed by atoms with van der Waals surface area (Å²) in [5.41, 5.74) is 6.23. The van der Waals surface area contributed by atoms with E-state index in [0.717, 1.165) is 36.8 Å². The fourth-order valence-electron chi connectivity index (χ4n) is 8.96. The molecule has 8 nitrogen and oxygen atoms in total. The van der Waals surface area contributed by atoms with E-state index in [9.17, 15) is 5.11 Å². The molecule has 8 heteroatoms. The van der Waals surface area contributed by atoms with E-state index in [2.05, 4.69) is 54.0 Å². The smallest absolute Gasteiger partial charge is 0.0677 e. The number of nitrogens with zero attached hydrogens (tertiary/aromatic N) is 1. The number of nitrogens with one attached hydrogen (secondary N) is 4. The monoisotopic (exact) mass is 637 g/mol. The fraction of sp³-hybridized carbons (Fsp3) is 1.00. The number of fused-ring (bicyclic) bond motifs is 2. The van der Waals surface area contributed by atoms with Crippen LogP contribution < -0.4 is 27.0 Å². The summed E-state index contributed by atoms with van der Waals surface area (Å²) in [6, 6.07) is 1.06. The first kappa shape index (κ1) is 39.1. The van der Waals surface area contributed by atoms with Crippen LogP contribution in [0.4, 0.5) is 0 Å². The highest BCUT2D eigenvalue weighted by Crippen LogP contribution is 2.50. The number of nitrogens with two attached hydrogens (primary N) is 1. The SMILES string of the molecule is CC(C)C[C@@H](CN[C@H](CN[C@@H](CN)CN[C@@H](CNCCO)[C@H](C)O)C1CCCCC1)N(C)C[C@H](C)CCCC1CC2CCC1C2. The minimum Gasteiger partial charge on any atom is -0.395 e. The Hall–Kier alpha value is -0.320. The molecule has 0 amide bonds. The summed E-state index contributed by atoms with van der Waals surface area (Å²) in [5.74, 6) is 5.33. The largest absolute Gasteiger partial charge is 0.395 e. The molecule has 0 aromatic carbocycles. The Morgan fingerprint density at radius 3 is 2.29 bits per heavy atom. The van der Waals surface area contributed by atoms with E-state index in [1.165, 1.54) is 83.6 Å². The number of aliphatic hydroxyl groups excluding tert-OH is 2. The van der Waals surface area contributed by atoms with Gasteiger partial charge in [-0.25, -0.2) is 0 Å². The number of likely N-dealkylation sites (N-methyl/N-ethyl adjacent to an activating group) is 1. The molecular weight excluding hydrogens is 560 g/mol. The van der Waals surface area contributed by atoms with Crippen LogP contribution >= 0.6 is 0 Å².